The van der Waals surface area contributed by atoms with Crippen LogP contribution in [-0.2, 0) is 4.79 Å². The van der Waals surface area contributed by atoms with E-state index in [-0.39, 0.29) is 9.86 Å². The zero-order valence-electron chi connectivity index (χ0n) is 16.5. The van der Waals surface area contributed by atoms with Gasteiger partial charge in [-0.3, -0.25) is 9.59 Å². The predicted molar refractivity (Wildman–Crippen MR) is 119 cm³/mol. The molecule has 1 aromatic heterocycles. The number of fused-ring (bicyclic) bond motifs is 1. The molecule has 0 spiro atoms. The highest BCUT2D eigenvalue weighted by molar-refractivity contribution is 8.13. The van der Waals surface area contributed by atoms with E-state index in [1.807, 2.05) is 19.1 Å². The van der Waals surface area contributed by atoms with Gasteiger partial charge in [-0.2, -0.15) is 0 Å². The summed E-state index contributed by atoms with van der Waals surface area (Å²) in [4.78, 5) is 25.7. The van der Waals surface area contributed by atoms with Crippen molar-refractivity contribution >= 4 is 44.0 Å². The summed E-state index contributed by atoms with van der Waals surface area (Å²) < 4.78 is 6.98. The molecule has 2 rings (SSSR count). The summed E-state index contributed by atoms with van der Waals surface area (Å²) in [6, 6.07) is 7.74. The van der Waals surface area contributed by atoms with E-state index in [1.54, 1.807) is 6.07 Å². The van der Waals surface area contributed by atoms with Gasteiger partial charge in [-0.15, -0.1) is 0 Å². The number of hydrogen-bond donors (Lipinski definition) is 0. The third-order valence-electron chi connectivity index (χ3n) is 4.41. The van der Waals surface area contributed by atoms with Crippen LogP contribution in [0.15, 0.2) is 29.1 Å². The zero-order chi connectivity index (χ0) is 19.6. The van der Waals surface area contributed by atoms with Crippen LogP contribution in [0.1, 0.15) is 46.5 Å². The van der Waals surface area contributed by atoms with Crippen molar-refractivity contribution in [1.82, 2.24) is 0 Å². The van der Waals surface area contributed by atoms with Crippen molar-refractivity contribution in [2.75, 3.05) is 30.3 Å². The van der Waals surface area contributed by atoms with Gasteiger partial charge < -0.3 is 9.64 Å². The molecule has 2 aromatic rings. The molecule has 148 valence electrons. The van der Waals surface area contributed by atoms with E-state index < -0.39 is 0 Å². The molecule has 0 atom stereocenters. The monoisotopic (exact) mass is 407 g/mol. The lowest BCUT2D eigenvalue weighted by Gasteiger charge is -2.22. The second-order valence-electron chi connectivity index (χ2n) is 6.24. The lowest BCUT2D eigenvalue weighted by molar-refractivity contribution is -0.110. The minimum absolute atomic E-state index is 0.0200. The Kier molecular flexibility index (Phi) is 9.15. The van der Waals surface area contributed by atoms with E-state index in [0.29, 0.717) is 18.8 Å². The number of nitrogens with zero attached hydrogens (tertiary/aromatic N) is 1. The highest BCUT2D eigenvalue weighted by Gasteiger charge is 2.12. The Hall–Kier alpha value is -1.53. The summed E-state index contributed by atoms with van der Waals surface area (Å²) in [6.07, 6.45) is 3.55. The molecule has 0 fully saturated rings. The first kappa shape index (κ1) is 21.8. The predicted octanol–water partition coefficient (Wildman–Crippen LogP) is 5.33. The smallest absolute Gasteiger partial charge is 0.236 e. The number of benzene rings is 1. The number of anilines is 1. The topological polar surface area (TPSA) is 46.6 Å². The minimum Gasteiger partial charge on any atom is -0.493 e. The van der Waals surface area contributed by atoms with Gasteiger partial charge in [0, 0.05) is 36.7 Å². The number of carbonyl (C=O) groups is 1. The SMILES string of the molecule is CCC(=O)SCCCCCOc1cc(=O)sc2c(N(CC)CC)cccc12. The van der Waals surface area contributed by atoms with E-state index >= 15 is 0 Å². The summed E-state index contributed by atoms with van der Waals surface area (Å²) in [7, 11) is 0. The number of thioether (sulfide) groups is 1. The Morgan fingerprint density at radius 2 is 1.93 bits per heavy atom. The molecule has 1 heterocycles. The summed E-state index contributed by atoms with van der Waals surface area (Å²) in [5.41, 5.74) is 1.10. The second kappa shape index (κ2) is 11.3. The maximum Gasteiger partial charge on any atom is 0.236 e. The molecule has 6 heteroatoms. The third kappa shape index (κ3) is 6.25. The molecule has 27 heavy (non-hydrogen) atoms. The molecule has 0 aliphatic rings. The van der Waals surface area contributed by atoms with E-state index in [2.05, 4.69) is 24.8 Å². The van der Waals surface area contributed by atoms with Crippen LogP contribution in [0, 0.1) is 0 Å². The van der Waals surface area contributed by atoms with Crippen molar-refractivity contribution in [3.63, 3.8) is 0 Å². The lowest BCUT2D eigenvalue weighted by Crippen LogP contribution is -2.22. The Balaban J connectivity index is 2.01. The van der Waals surface area contributed by atoms with Crippen molar-refractivity contribution in [1.29, 1.82) is 0 Å². The van der Waals surface area contributed by atoms with Crippen molar-refractivity contribution < 1.29 is 9.53 Å². The van der Waals surface area contributed by atoms with Gasteiger partial charge in [0.25, 0.3) is 0 Å². The van der Waals surface area contributed by atoms with Crippen LogP contribution >= 0.6 is 23.1 Å². The van der Waals surface area contributed by atoms with Gasteiger partial charge in [0.2, 0.25) is 4.74 Å². The summed E-state index contributed by atoms with van der Waals surface area (Å²) >= 11 is 2.70. The minimum atomic E-state index is 0.0200. The quantitative estimate of drug-likeness (QED) is 0.471. The van der Waals surface area contributed by atoms with Crippen molar-refractivity contribution in [3.05, 3.63) is 33.8 Å². The van der Waals surface area contributed by atoms with E-state index in [9.17, 15) is 9.59 Å². The molecule has 0 amide bonds. The van der Waals surface area contributed by atoms with E-state index in [1.165, 1.54) is 23.1 Å². The fourth-order valence-corrected chi connectivity index (χ4v) is 4.65. The molecular weight excluding hydrogens is 378 g/mol. The van der Waals surface area contributed by atoms with Crippen LogP contribution in [0.5, 0.6) is 5.75 Å². The average Bonchev–Trinajstić information content (AvgIpc) is 2.68. The van der Waals surface area contributed by atoms with Gasteiger partial charge in [0.15, 0.2) is 5.12 Å². The highest BCUT2D eigenvalue weighted by atomic mass is 32.2. The summed E-state index contributed by atoms with van der Waals surface area (Å²) in [5, 5.41) is 1.27. The molecule has 0 aliphatic carbocycles. The van der Waals surface area contributed by atoms with Crippen LogP contribution in [0.3, 0.4) is 0 Å². The number of rotatable bonds is 11. The molecule has 0 saturated heterocycles. The van der Waals surface area contributed by atoms with Crippen LogP contribution in [0.25, 0.3) is 10.1 Å². The molecule has 0 N–H and O–H groups in total. The first-order chi connectivity index (χ1) is 13.1. The van der Waals surface area contributed by atoms with Gasteiger partial charge in [0.1, 0.15) is 5.75 Å². The van der Waals surface area contributed by atoms with Gasteiger partial charge in [0.05, 0.1) is 17.0 Å². The van der Waals surface area contributed by atoms with Gasteiger partial charge >= 0.3 is 0 Å². The van der Waals surface area contributed by atoms with E-state index in [0.717, 1.165) is 53.9 Å². The number of ether oxygens (including phenoxy) is 1. The summed E-state index contributed by atoms with van der Waals surface area (Å²) in [6.45, 7) is 8.53. The van der Waals surface area contributed by atoms with Crippen LogP contribution in [0.4, 0.5) is 5.69 Å². The average molecular weight is 408 g/mol. The second-order valence-corrected chi connectivity index (χ2v) is 8.41. The fourth-order valence-electron chi connectivity index (χ4n) is 2.92. The zero-order valence-corrected chi connectivity index (χ0v) is 18.1. The normalized spacial score (nSPS) is 10.9. The Morgan fingerprint density at radius 1 is 1.15 bits per heavy atom. The van der Waals surface area contributed by atoms with Gasteiger partial charge in [-0.05, 0) is 45.2 Å². The van der Waals surface area contributed by atoms with Crippen molar-refractivity contribution in [2.24, 2.45) is 0 Å². The summed E-state index contributed by atoms with van der Waals surface area (Å²) in [5.74, 6) is 1.55. The van der Waals surface area contributed by atoms with Crippen LogP contribution in [-0.4, -0.2) is 30.6 Å². The Bertz CT molecular complexity index is 800. The standard InChI is InChI=1S/C21H29NO3S2/c1-4-19(23)26-14-9-7-8-13-25-18-15-20(24)27-21-16(18)11-10-12-17(21)22(5-2)6-3/h10-12,15H,4-9,13-14H2,1-3H3. The van der Waals surface area contributed by atoms with E-state index in [4.69, 9.17) is 4.74 Å². The van der Waals surface area contributed by atoms with Crippen LogP contribution < -0.4 is 14.4 Å². The Labute approximate surface area is 169 Å². The molecule has 0 saturated carbocycles. The first-order valence-corrected chi connectivity index (χ1v) is 11.5. The molecule has 0 aliphatic heterocycles. The number of carbonyl (C=O) groups excluding carboxylic acids is 1. The maximum absolute atomic E-state index is 12.2. The molecule has 0 bridgehead atoms. The molecule has 0 unspecified atom stereocenters. The highest BCUT2D eigenvalue weighted by Crippen LogP contribution is 2.34. The van der Waals surface area contributed by atoms with Gasteiger partial charge in [-0.1, -0.05) is 36.1 Å². The molecule has 0 radical (unpaired) electrons. The molecule has 4 nitrogen and oxygen atoms in total. The lowest BCUT2D eigenvalue weighted by atomic mass is 10.2. The number of unbranched alkanes of at least 4 members (excludes halogenated alkanes) is 2. The fraction of sp³-hybridized carbons (Fsp3) is 0.524. The van der Waals surface area contributed by atoms with Crippen LogP contribution in [0.2, 0.25) is 0 Å². The molecule has 1 aromatic carbocycles. The van der Waals surface area contributed by atoms with Crippen molar-refractivity contribution in [2.45, 2.75) is 46.5 Å². The maximum atomic E-state index is 12.2. The Morgan fingerprint density at radius 3 is 2.63 bits per heavy atom. The molecular formula is C21H29NO3S2. The van der Waals surface area contributed by atoms with Crippen molar-refractivity contribution in [3.8, 4) is 5.75 Å². The largest absolute Gasteiger partial charge is 0.493 e. The third-order valence-corrected chi connectivity index (χ3v) is 6.47. The number of hydrogen-bond acceptors (Lipinski definition) is 6. The van der Waals surface area contributed by atoms with Gasteiger partial charge in [-0.25, -0.2) is 0 Å². The first-order valence-electron chi connectivity index (χ1n) is 9.70.